The second-order valence-corrected chi connectivity index (χ2v) is 10.1. The smallest absolute Gasteiger partial charge is 0.264 e. The molecule has 1 N–H and O–H groups in total. The molecule has 0 saturated heterocycles. The predicted octanol–water partition coefficient (Wildman–Crippen LogP) is 4.60. The molecule has 3 rings (SSSR count). The minimum atomic E-state index is -3.93. The quantitative estimate of drug-likeness (QED) is 0.500. The summed E-state index contributed by atoms with van der Waals surface area (Å²) >= 11 is 0. The number of carbonyl (C=O) groups is 1. The molecule has 7 heteroatoms. The summed E-state index contributed by atoms with van der Waals surface area (Å²) in [5.74, 6) is 0.368. The maximum atomic E-state index is 13.4. The molecule has 0 aliphatic carbocycles. The average molecular weight is 467 g/mol. The van der Waals surface area contributed by atoms with Gasteiger partial charge in [-0.15, -0.1) is 0 Å². The fraction of sp³-hybridized carbons (Fsp3) is 0.269. The lowest BCUT2D eigenvalue weighted by atomic mass is 10.1. The molecule has 0 aliphatic rings. The van der Waals surface area contributed by atoms with E-state index < -0.39 is 15.9 Å². The highest BCUT2D eigenvalue weighted by Gasteiger charge is 2.28. The Morgan fingerprint density at radius 3 is 2.24 bits per heavy atom. The van der Waals surface area contributed by atoms with E-state index in [0.29, 0.717) is 5.69 Å². The van der Waals surface area contributed by atoms with E-state index in [-0.39, 0.29) is 24.1 Å². The third kappa shape index (κ3) is 6.35. The molecule has 0 unspecified atom stereocenters. The van der Waals surface area contributed by atoms with Gasteiger partial charge in [0.2, 0.25) is 5.91 Å². The topological polar surface area (TPSA) is 75.7 Å². The minimum Gasteiger partial charge on any atom is -0.491 e. The highest BCUT2D eigenvalue weighted by molar-refractivity contribution is 7.92. The van der Waals surface area contributed by atoms with E-state index in [0.717, 1.165) is 22.4 Å². The number of ether oxygens (including phenoxy) is 1. The van der Waals surface area contributed by atoms with Crippen LogP contribution in [0.5, 0.6) is 5.75 Å². The first-order chi connectivity index (χ1) is 15.7. The number of rotatable bonds is 9. The molecule has 0 saturated carbocycles. The van der Waals surface area contributed by atoms with Crippen molar-refractivity contribution in [3.63, 3.8) is 0 Å². The second-order valence-electron chi connectivity index (χ2n) is 8.20. The third-order valence-electron chi connectivity index (χ3n) is 5.02. The van der Waals surface area contributed by atoms with Crippen molar-refractivity contribution < 1.29 is 17.9 Å². The van der Waals surface area contributed by atoms with Crippen molar-refractivity contribution in [2.24, 2.45) is 0 Å². The van der Waals surface area contributed by atoms with Crippen LogP contribution in [-0.4, -0.2) is 27.0 Å². The SMILES string of the molecule is Cc1ccc(N(CC(=O)NCc2ccc(OC(C)C)cc2)S(=O)(=O)c2ccccc2)c(C)c1. The first kappa shape index (κ1) is 24.3. The molecule has 1 amide bonds. The molecular weight excluding hydrogens is 436 g/mol. The Hall–Kier alpha value is -3.32. The van der Waals surface area contributed by atoms with E-state index in [2.05, 4.69) is 5.32 Å². The lowest BCUT2D eigenvalue weighted by Crippen LogP contribution is -2.41. The highest BCUT2D eigenvalue weighted by atomic mass is 32.2. The normalized spacial score (nSPS) is 11.3. The van der Waals surface area contributed by atoms with Gasteiger partial charge in [0, 0.05) is 6.54 Å². The van der Waals surface area contributed by atoms with Crippen molar-refractivity contribution in [2.45, 2.75) is 45.2 Å². The molecule has 0 aromatic heterocycles. The monoisotopic (exact) mass is 466 g/mol. The molecule has 0 atom stereocenters. The van der Waals surface area contributed by atoms with Crippen molar-refractivity contribution in [3.8, 4) is 5.75 Å². The largest absolute Gasteiger partial charge is 0.491 e. The number of hydrogen-bond donors (Lipinski definition) is 1. The van der Waals surface area contributed by atoms with Gasteiger partial charge in [-0.3, -0.25) is 9.10 Å². The molecule has 3 aromatic rings. The van der Waals surface area contributed by atoms with Gasteiger partial charge in [0.15, 0.2) is 0 Å². The van der Waals surface area contributed by atoms with Gasteiger partial charge in [0.05, 0.1) is 16.7 Å². The molecule has 0 spiro atoms. The van der Waals surface area contributed by atoms with Gasteiger partial charge < -0.3 is 10.1 Å². The number of sulfonamides is 1. The van der Waals surface area contributed by atoms with Gasteiger partial charge in [0.1, 0.15) is 12.3 Å². The van der Waals surface area contributed by atoms with Crippen LogP contribution in [0.1, 0.15) is 30.5 Å². The number of amides is 1. The van der Waals surface area contributed by atoms with Crippen LogP contribution in [0.15, 0.2) is 77.7 Å². The van der Waals surface area contributed by atoms with Crippen LogP contribution >= 0.6 is 0 Å². The second kappa shape index (κ2) is 10.5. The summed E-state index contributed by atoms with van der Waals surface area (Å²) < 4.78 is 33.7. The molecule has 33 heavy (non-hydrogen) atoms. The molecule has 0 bridgehead atoms. The molecule has 0 radical (unpaired) electrons. The fourth-order valence-electron chi connectivity index (χ4n) is 3.45. The van der Waals surface area contributed by atoms with Crippen LogP contribution in [0.25, 0.3) is 0 Å². The predicted molar refractivity (Wildman–Crippen MR) is 131 cm³/mol. The summed E-state index contributed by atoms with van der Waals surface area (Å²) in [6.07, 6.45) is 0.0818. The van der Waals surface area contributed by atoms with Crippen LogP contribution in [-0.2, 0) is 21.4 Å². The maximum Gasteiger partial charge on any atom is 0.264 e. The Balaban J connectivity index is 1.79. The lowest BCUT2D eigenvalue weighted by Gasteiger charge is -2.26. The summed E-state index contributed by atoms with van der Waals surface area (Å²) in [4.78, 5) is 13.0. The number of aryl methyl sites for hydroxylation is 2. The molecule has 0 fully saturated rings. The number of benzene rings is 3. The number of carbonyl (C=O) groups excluding carboxylic acids is 1. The van der Waals surface area contributed by atoms with E-state index in [1.54, 1.807) is 24.3 Å². The van der Waals surface area contributed by atoms with Gasteiger partial charge in [-0.25, -0.2) is 8.42 Å². The van der Waals surface area contributed by atoms with Gasteiger partial charge in [-0.2, -0.15) is 0 Å². The van der Waals surface area contributed by atoms with Crippen molar-refractivity contribution in [1.82, 2.24) is 5.32 Å². The van der Waals surface area contributed by atoms with Crippen LogP contribution < -0.4 is 14.4 Å². The van der Waals surface area contributed by atoms with Crippen molar-refractivity contribution in [3.05, 3.63) is 89.5 Å². The van der Waals surface area contributed by atoms with Gasteiger partial charge in [-0.1, -0.05) is 48.0 Å². The Morgan fingerprint density at radius 1 is 0.970 bits per heavy atom. The maximum absolute atomic E-state index is 13.4. The molecular formula is C26H30N2O4S. The third-order valence-corrected chi connectivity index (χ3v) is 6.80. The van der Waals surface area contributed by atoms with Crippen LogP contribution in [0, 0.1) is 13.8 Å². The van der Waals surface area contributed by atoms with Gasteiger partial charge in [-0.05, 0) is 69.2 Å². The summed E-state index contributed by atoms with van der Waals surface area (Å²) in [5.41, 5.74) is 3.17. The van der Waals surface area contributed by atoms with E-state index in [1.165, 1.54) is 16.4 Å². The minimum absolute atomic E-state index is 0.0818. The number of nitrogens with one attached hydrogen (secondary N) is 1. The zero-order chi connectivity index (χ0) is 24.0. The van der Waals surface area contributed by atoms with Gasteiger partial charge in [0.25, 0.3) is 10.0 Å². The summed E-state index contributed by atoms with van der Waals surface area (Å²) in [6, 6.07) is 21.1. The molecule has 6 nitrogen and oxygen atoms in total. The summed E-state index contributed by atoms with van der Waals surface area (Å²) in [6.45, 7) is 7.66. The standard InChI is InChI=1S/C26H30N2O4S/c1-19(2)32-23-13-11-22(12-14-23)17-27-26(29)18-28(25-15-10-20(3)16-21(25)4)33(30,31)24-8-6-5-7-9-24/h5-16,19H,17-18H2,1-4H3,(H,27,29). The van der Waals surface area contributed by atoms with E-state index in [1.807, 2.05) is 64.1 Å². The van der Waals surface area contributed by atoms with Crippen LogP contribution in [0.3, 0.4) is 0 Å². The number of hydrogen-bond acceptors (Lipinski definition) is 4. The summed E-state index contributed by atoms with van der Waals surface area (Å²) in [7, 11) is -3.93. The van der Waals surface area contributed by atoms with Crippen molar-refractivity contribution in [2.75, 3.05) is 10.8 Å². The van der Waals surface area contributed by atoms with Crippen LogP contribution in [0.4, 0.5) is 5.69 Å². The molecule has 0 heterocycles. The summed E-state index contributed by atoms with van der Waals surface area (Å²) in [5, 5.41) is 2.83. The Kier molecular flexibility index (Phi) is 7.76. The van der Waals surface area contributed by atoms with E-state index in [4.69, 9.17) is 4.74 Å². The molecule has 174 valence electrons. The average Bonchev–Trinajstić information content (AvgIpc) is 2.77. The van der Waals surface area contributed by atoms with Crippen molar-refractivity contribution in [1.29, 1.82) is 0 Å². The van der Waals surface area contributed by atoms with E-state index >= 15 is 0 Å². The Labute approximate surface area is 196 Å². The number of anilines is 1. The van der Waals surface area contributed by atoms with E-state index in [9.17, 15) is 13.2 Å². The number of nitrogens with zero attached hydrogens (tertiary/aromatic N) is 1. The zero-order valence-electron chi connectivity index (χ0n) is 19.4. The zero-order valence-corrected chi connectivity index (χ0v) is 20.2. The Morgan fingerprint density at radius 2 is 1.64 bits per heavy atom. The van der Waals surface area contributed by atoms with Gasteiger partial charge >= 0.3 is 0 Å². The molecule has 3 aromatic carbocycles. The fourth-order valence-corrected chi connectivity index (χ4v) is 4.96. The van der Waals surface area contributed by atoms with Crippen molar-refractivity contribution >= 4 is 21.6 Å². The first-order valence-corrected chi connectivity index (χ1v) is 12.3. The first-order valence-electron chi connectivity index (χ1n) is 10.8. The lowest BCUT2D eigenvalue weighted by molar-refractivity contribution is -0.119. The highest BCUT2D eigenvalue weighted by Crippen LogP contribution is 2.27. The molecule has 0 aliphatic heterocycles. The Bertz CT molecular complexity index is 1190. The van der Waals surface area contributed by atoms with Crippen LogP contribution in [0.2, 0.25) is 0 Å².